The molecule has 1 aliphatic heterocycles. The number of nitrogens with zero attached hydrogens (tertiary/aromatic N) is 3. The van der Waals surface area contributed by atoms with E-state index in [1.54, 1.807) is 7.11 Å². The van der Waals surface area contributed by atoms with Crippen molar-refractivity contribution in [2.45, 2.75) is 31.5 Å². The van der Waals surface area contributed by atoms with Crippen LogP contribution in [0.25, 0.3) is 11.4 Å². The minimum Gasteiger partial charge on any atom is -0.390 e. The predicted molar refractivity (Wildman–Crippen MR) is 88.7 cm³/mol. The predicted octanol–water partition coefficient (Wildman–Crippen LogP) is 0.975. The second-order valence-electron chi connectivity index (χ2n) is 6.15. The van der Waals surface area contributed by atoms with Gasteiger partial charge in [0.1, 0.15) is 0 Å². The van der Waals surface area contributed by atoms with E-state index in [4.69, 9.17) is 9.26 Å². The van der Waals surface area contributed by atoms with Crippen LogP contribution in [-0.4, -0.2) is 58.7 Å². The third kappa shape index (κ3) is 3.75. The molecule has 3 rings (SSSR count). The molecule has 0 amide bonds. The number of β-amino-alcohol motifs (C(OH)–C–C–N with tert-alkyl or cyclic N) is 1. The lowest BCUT2D eigenvalue weighted by molar-refractivity contribution is 0.0623. The highest BCUT2D eigenvalue weighted by Gasteiger charge is 2.27. The molecule has 1 aromatic heterocycles. The van der Waals surface area contributed by atoms with Crippen molar-refractivity contribution in [3.63, 3.8) is 0 Å². The lowest BCUT2D eigenvalue weighted by Gasteiger charge is -2.26. The molecule has 1 N–H and O–H groups in total. The molecular weight excluding hydrogens is 310 g/mol. The summed E-state index contributed by atoms with van der Waals surface area (Å²) >= 11 is 0. The Balaban J connectivity index is 1.70. The van der Waals surface area contributed by atoms with E-state index in [-0.39, 0.29) is 6.54 Å². The molecule has 130 valence electrons. The van der Waals surface area contributed by atoms with E-state index in [2.05, 4.69) is 10.1 Å². The smallest absolute Gasteiger partial charge is 0.390 e. The zero-order valence-electron chi connectivity index (χ0n) is 13.8. The summed E-state index contributed by atoms with van der Waals surface area (Å²) < 4.78 is 11.4. The summed E-state index contributed by atoms with van der Waals surface area (Å²) in [4.78, 5) is 14.2. The van der Waals surface area contributed by atoms with Crippen LogP contribution in [0.3, 0.4) is 0 Å². The minimum atomic E-state index is -0.679. The summed E-state index contributed by atoms with van der Waals surface area (Å²) in [7, 11) is 1.69. The SMILES string of the molecule is COCC1CCCN1CC(O)Cn1c(-c2ccccc2)noc1=O. The van der Waals surface area contributed by atoms with Crippen LogP contribution in [0.2, 0.25) is 0 Å². The maximum absolute atomic E-state index is 11.9. The van der Waals surface area contributed by atoms with Crippen molar-refractivity contribution in [1.82, 2.24) is 14.6 Å². The van der Waals surface area contributed by atoms with E-state index in [0.29, 0.717) is 25.0 Å². The van der Waals surface area contributed by atoms with Crippen LogP contribution in [0.4, 0.5) is 0 Å². The number of aromatic nitrogens is 2. The van der Waals surface area contributed by atoms with Gasteiger partial charge in [-0.3, -0.25) is 14.0 Å². The van der Waals surface area contributed by atoms with Crippen molar-refractivity contribution in [2.24, 2.45) is 0 Å². The summed E-state index contributed by atoms with van der Waals surface area (Å²) in [6, 6.07) is 9.68. The largest absolute Gasteiger partial charge is 0.441 e. The van der Waals surface area contributed by atoms with Crippen LogP contribution in [-0.2, 0) is 11.3 Å². The quantitative estimate of drug-likeness (QED) is 0.813. The van der Waals surface area contributed by atoms with Gasteiger partial charge < -0.3 is 9.84 Å². The fourth-order valence-electron chi connectivity index (χ4n) is 3.28. The highest BCUT2D eigenvalue weighted by Crippen LogP contribution is 2.19. The second kappa shape index (κ2) is 7.74. The van der Waals surface area contributed by atoms with Crippen molar-refractivity contribution in [3.05, 3.63) is 40.9 Å². The summed E-state index contributed by atoms with van der Waals surface area (Å²) in [6.45, 7) is 2.26. The fraction of sp³-hybridized carbons (Fsp3) is 0.529. The summed E-state index contributed by atoms with van der Waals surface area (Å²) in [5.41, 5.74) is 0.786. The Labute approximate surface area is 140 Å². The topological polar surface area (TPSA) is 80.7 Å². The Kier molecular flexibility index (Phi) is 5.44. The molecule has 1 saturated heterocycles. The first-order valence-corrected chi connectivity index (χ1v) is 8.22. The normalized spacial score (nSPS) is 19.7. The van der Waals surface area contributed by atoms with Crippen LogP contribution in [0, 0.1) is 0 Å². The Bertz CT molecular complexity index is 697. The van der Waals surface area contributed by atoms with Gasteiger partial charge in [-0.05, 0) is 19.4 Å². The van der Waals surface area contributed by atoms with Gasteiger partial charge in [-0.25, -0.2) is 4.79 Å². The van der Waals surface area contributed by atoms with Crippen molar-refractivity contribution >= 4 is 0 Å². The monoisotopic (exact) mass is 333 g/mol. The molecule has 7 nitrogen and oxygen atoms in total. The second-order valence-corrected chi connectivity index (χ2v) is 6.15. The summed E-state index contributed by atoms with van der Waals surface area (Å²) in [5.74, 6) is -0.114. The van der Waals surface area contributed by atoms with E-state index in [9.17, 15) is 9.90 Å². The molecule has 1 aromatic carbocycles. The molecule has 0 bridgehead atoms. The maximum Gasteiger partial charge on any atom is 0.441 e. The Morgan fingerprint density at radius 1 is 1.38 bits per heavy atom. The molecule has 2 unspecified atom stereocenters. The number of hydrogen-bond donors (Lipinski definition) is 1. The Morgan fingerprint density at radius 2 is 2.17 bits per heavy atom. The molecule has 0 spiro atoms. The van der Waals surface area contributed by atoms with E-state index in [1.165, 1.54) is 4.57 Å². The van der Waals surface area contributed by atoms with Crippen molar-refractivity contribution in [1.29, 1.82) is 0 Å². The third-order valence-electron chi connectivity index (χ3n) is 4.41. The molecule has 0 radical (unpaired) electrons. The molecule has 2 aromatic rings. The number of likely N-dealkylation sites (tertiary alicyclic amines) is 1. The highest BCUT2D eigenvalue weighted by molar-refractivity contribution is 5.54. The number of methoxy groups -OCH3 is 1. The van der Waals surface area contributed by atoms with Crippen LogP contribution >= 0.6 is 0 Å². The van der Waals surface area contributed by atoms with E-state index < -0.39 is 11.9 Å². The Morgan fingerprint density at radius 3 is 2.92 bits per heavy atom. The zero-order valence-corrected chi connectivity index (χ0v) is 13.8. The van der Waals surface area contributed by atoms with E-state index >= 15 is 0 Å². The van der Waals surface area contributed by atoms with Gasteiger partial charge in [0.15, 0.2) is 5.82 Å². The molecule has 7 heteroatoms. The maximum atomic E-state index is 11.9. The number of hydrogen-bond acceptors (Lipinski definition) is 6. The summed E-state index contributed by atoms with van der Waals surface area (Å²) in [5, 5.41) is 14.3. The number of aliphatic hydroxyl groups excluding tert-OH is 1. The van der Waals surface area contributed by atoms with Gasteiger partial charge in [0, 0.05) is 25.3 Å². The minimum absolute atomic E-state index is 0.156. The first-order chi connectivity index (χ1) is 11.7. The van der Waals surface area contributed by atoms with Crippen molar-refractivity contribution in [2.75, 3.05) is 26.8 Å². The first-order valence-electron chi connectivity index (χ1n) is 8.22. The van der Waals surface area contributed by atoms with Crippen molar-refractivity contribution in [3.8, 4) is 11.4 Å². The average molecular weight is 333 g/mol. The molecule has 24 heavy (non-hydrogen) atoms. The fourth-order valence-corrected chi connectivity index (χ4v) is 3.28. The number of rotatable bonds is 7. The molecule has 2 heterocycles. The molecule has 1 fully saturated rings. The van der Waals surface area contributed by atoms with Crippen molar-refractivity contribution < 1.29 is 14.4 Å². The first kappa shape index (κ1) is 16.9. The van der Waals surface area contributed by atoms with Crippen LogP contribution in [0.5, 0.6) is 0 Å². The zero-order chi connectivity index (χ0) is 16.9. The Hall–Kier alpha value is -1.96. The van der Waals surface area contributed by atoms with Gasteiger partial charge in [-0.1, -0.05) is 35.5 Å². The van der Waals surface area contributed by atoms with Crippen LogP contribution in [0.15, 0.2) is 39.6 Å². The molecule has 2 atom stereocenters. The van der Waals surface area contributed by atoms with Crippen LogP contribution < -0.4 is 5.76 Å². The molecule has 1 aliphatic rings. The lowest BCUT2D eigenvalue weighted by atomic mass is 10.2. The molecule has 0 aliphatic carbocycles. The van der Waals surface area contributed by atoms with Gasteiger partial charge in [0.05, 0.1) is 19.3 Å². The van der Waals surface area contributed by atoms with Gasteiger partial charge >= 0.3 is 5.76 Å². The standard InChI is InChI=1S/C17H23N3O4/c1-23-12-14-8-5-9-19(14)10-15(21)11-20-16(18-24-17(20)22)13-6-3-2-4-7-13/h2-4,6-7,14-15,21H,5,8-12H2,1H3. The molecule has 0 saturated carbocycles. The lowest BCUT2D eigenvalue weighted by Crippen LogP contribution is -2.40. The van der Waals surface area contributed by atoms with Gasteiger partial charge in [-0.15, -0.1) is 0 Å². The number of ether oxygens (including phenoxy) is 1. The van der Waals surface area contributed by atoms with Gasteiger partial charge in [0.25, 0.3) is 0 Å². The van der Waals surface area contributed by atoms with E-state index in [0.717, 1.165) is 24.9 Å². The third-order valence-corrected chi connectivity index (χ3v) is 4.41. The molecular formula is C17H23N3O4. The van der Waals surface area contributed by atoms with Crippen LogP contribution in [0.1, 0.15) is 12.8 Å². The number of benzene rings is 1. The average Bonchev–Trinajstić information content (AvgIpc) is 3.16. The van der Waals surface area contributed by atoms with E-state index in [1.807, 2.05) is 30.3 Å². The highest BCUT2D eigenvalue weighted by atomic mass is 16.5. The van der Waals surface area contributed by atoms with Gasteiger partial charge in [-0.2, -0.15) is 0 Å². The number of aliphatic hydroxyl groups is 1. The van der Waals surface area contributed by atoms with Gasteiger partial charge in [0.2, 0.25) is 0 Å². The summed E-state index contributed by atoms with van der Waals surface area (Å²) in [6.07, 6.45) is 1.49.